The standard InChI is InChI=1S/C29H40FN3O12/c1-16(45-24(38)14-32-25(39)31-9-4-10-44-33(41)42)43-15-23(37)29(40)21(35)12-20-19-6-5-17-11-18(34)7-8-26(17,2)28(19,30)22(36)13-27(20,29)3/h5,7-8,16,19-22,35-36,40H,4,6,9-15H2,1-3H3,(H2,31,32,39)/t16?,19-,20-,21+,22-,26-,27-,28-,29-/m0/s1. The lowest BCUT2D eigenvalue weighted by atomic mass is 9.45. The number of hydrogen-bond donors (Lipinski definition) is 5. The SMILES string of the molecule is CC(OCC(=O)[C@@]1(O)[C@H](O)C[C@H]2[C@@H]3CC=C4CC(=O)C=C[C@]4(C)[C@@]3(F)[C@@H](O)C[C@@]21C)OC(=O)CNC(=O)NCCCO[N+](=O)[O-]. The molecular formula is C29H40FN3O12. The second-order valence-corrected chi connectivity index (χ2v) is 12.6. The van der Waals surface area contributed by atoms with Crippen molar-refractivity contribution >= 4 is 23.6 Å². The number of halogens is 1. The molecule has 0 aromatic carbocycles. The Morgan fingerprint density at radius 1 is 1.20 bits per heavy atom. The van der Waals surface area contributed by atoms with Crippen LogP contribution in [-0.2, 0) is 28.7 Å². The van der Waals surface area contributed by atoms with E-state index in [9.17, 15) is 44.6 Å². The number of aliphatic hydroxyl groups excluding tert-OH is 2. The first-order valence-corrected chi connectivity index (χ1v) is 14.8. The summed E-state index contributed by atoms with van der Waals surface area (Å²) in [6.45, 7) is 2.97. The van der Waals surface area contributed by atoms with Crippen LogP contribution in [0.3, 0.4) is 0 Å². The molecule has 9 atom stereocenters. The number of urea groups is 1. The van der Waals surface area contributed by atoms with Crippen molar-refractivity contribution in [2.75, 3.05) is 26.3 Å². The Morgan fingerprint density at radius 3 is 2.60 bits per heavy atom. The van der Waals surface area contributed by atoms with E-state index in [0.717, 1.165) is 0 Å². The third-order valence-corrected chi connectivity index (χ3v) is 10.2. The minimum atomic E-state index is -2.41. The van der Waals surface area contributed by atoms with Crippen molar-refractivity contribution in [3.05, 3.63) is 33.9 Å². The van der Waals surface area contributed by atoms with E-state index in [0.29, 0.717) is 5.57 Å². The number of Topliss-reactive ketones (excluding diaryl/α,β-unsaturated/α-hetero) is 1. The molecule has 15 nitrogen and oxygen atoms in total. The van der Waals surface area contributed by atoms with E-state index in [-0.39, 0.29) is 51.0 Å². The number of fused-ring (bicyclic) bond motifs is 5. The Labute approximate surface area is 258 Å². The lowest BCUT2D eigenvalue weighted by Gasteiger charge is -2.61. The largest absolute Gasteiger partial charge is 0.435 e. The Morgan fingerprint density at radius 2 is 1.91 bits per heavy atom. The van der Waals surface area contributed by atoms with Crippen molar-refractivity contribution in [3.8, 4) is 0 Å². The summed E-state index contributed by atoms with van der Waals surface area (Å²) in [5, 5.41) is 47.9. The van der Waals surface area contributed by atoms with Crippen LogP contribution in [0.15, 0.2) is 23.8 Å². The second-order valence-electron chi connectivity index (χ2n) is 12.6. The van der Waals surface area contributed by atoms with Gasteiger partial charge in [-0.1, -0.05) is 24.6 Å². The summed E-state index contributed by atoms with van der Waals surface area (Å²) in [6, 6.07) is -0.740. The van der Waals surface area contributed by atoms with Gasteiger partial charge in [0.05, 0.1) is 18.8 Å². The molecule has 5 N–H and O–H groups in total. The highest BCUT2D eigenvalue weighted by Crippen LogP contribution is 2.69. The molecule has 2 amide bonds. The van der Waals surface area contributed by atoms with Gasteiger partial charge in [0.25, 0.3) is 5.09 Å². The Hall–Kier alpha value is -3.47. The number of ketones is 2. The second kappa shape index (κ2) is 12.7. The highest BCUT2D eigenvalue weighted by molar-refractivity contribution is 5.93. The van der Waals surface area contributed by atoms with Crippen molar-refractivity contribution in [2.24, 2.45) is 22.7 Å². The molecule has 0 bridgehead atoms. The van der Waals surface area contributed by atoms with Crippen LogP contribution in [0.5, 0.6) is 0 Å². The van der Waals surface area contributed by atoms with Crippen LogP contribution in [0.1, 0.15) is 52.9 Å². The van der Waals surface area contributed by atoms with E-state index in [2.05, 4.69) is 15.5 Å². The quantitative estimate of drug-likeness (QED) is 0.0489. The summed E-state index contributed by atoms with van der Waals surface area (Å²) in [4.78, 5) is 63.6. The summed E-state index contributed by atoms with van der Waals surface area (Å²) in [5.74, 6) is -3.58. The van der Waals surface area contributed by atoms with Gasteiger partial charge in [-0.3, -0.25) is 14.4 Å². The first-order chi connectivity index (χ1) is 21.0. The molecule has 2 fully saturated rings. The van der Waals surface area contributed by atoms with Gasteiger partial charge in [-0.2, -0.15) is 0 Å². The van der Waals surface area contributed by atoms with E-state index in [4.69, 9.17) is 9.47 Å². The van der Waals surface area contributed by atoms with Gasteiger partial charge < -0.3 is 40.3 Å². The fourth-order valence-corrected chi connectivity index (χ4v) is 7.83. The number of carbonyl (C=O) groups is 4. The van der Waals surface area contributed by atoms with Crippen molar-refractivity contribution < 1.29 is 58.3 Å². The number of carbonyl (C=O) groups excluding carboxylic acids is 4. The zero-order valence-corrected chi connectivity index (χ0v) is 25.3. The number of alkyl halides is 1. The smallest absolute Gasteiger partial charge is 0.327 e. The lowest BCUT2D eigenvalue weighted by Crippen LogP contribution is -2.69. The molecule has 0 aromatic rings. The van der Waals surface area contributed by atoms with E-state index in [1.165, 1.54) is 19.1 Å². The maximum atomic E-state index is 17.2. The van der Waals surface area contributed by atoms with Gasteiger partial charge in [-0.25, -0.2) is 9.18 Å². The molecule has 0 radical (unpaired) electrons. The molecule has 0 heterocycles. The molecule has 16 heteroatoms. The van der Waals surface area contributed by atoms with Gasteiger partial charge >= 0.3 is 12.0 Å². The summed E-state index contributed by atoms with van der Waals surface area (Å²) in [7, 11) is 0. The number of aliphatic hydroxyl groups is 3. The van der Waals surface area contributed by atoms with Gasteiger partial charge in [0, 0.05) is 29.7 Å². The zero-order valence-electron chi connectivity index (χ0n) is 25.3. The van der Waals surface area contributed by atoms with Gasteiger partial charge in [0.1, 0.15) is 13.2 Å². The van der Waals surface area contributed by atoms with Crippen LogP contribution in [0, 0.1) is 32.8 Å². The third-order valence-electron chi connectivity index (χ3n) is 10.2. The first-order valence-electron chi connectivity index (χ1n) is 14.8. The van der Waals surface area contributed by atoms with Gasteiger partial charge in [-0.15, -0.1) is 10.1 Å². The first kappa shape index (κ1) is 34.4. The van der Waals surface area contributed by atoms with E-state index in [1.54, 1.807) is 19.9 Å². The normalized spacial score (nSPS) is 37.3. The van der Waals surface area contributed by atoms with E-state index < -0.39 is 88.5 Å². The van der Waals surface area contributed by atoms with Gasteiger partial charge in [0.15, 0.2) is 22.8 Å². The maximum absolute atomic E-state index is 17.2. The molecule has 0 spiro atoms. The molecule has 0 saturated heterocycles. The van der Waals surface area contributed by atoms with Crippen LogP contribution in [-0.4, -0.2) is 100 Å². The fraction of sp³-hybridized carbons (Fsp3) is 0.724. The highest BCUT2D eigenvalue weighted by Gasteiger charge is 2.76. The maximum Gasteiger partial charge on any atom is 0.327 e. The molecule has 250 valence electrons. The number of rotatable bonds is 12. The van der Waals surface area contributed by atoms with Crippen molar-refractivity contribution in [3.63, 3.8) is 0 Å². The Kier molecular flexibility index (Phi) is 9.73. The minimum Gasteiger partial charge on any atom is -0.435 e. The van der Waals surface area contributed by atoms with E-state index in [1.807, 2.05) is 0 Å². The van der Waals surface area contributed by atoms with Crippen molar-refractivity contribution in [1.82, 2.24) is 10.6 Å². The molecule has 2 saturated carbocycles. The molecule has 45 heavy (non-hydrogen) atoms. The fourth-order valence-electron chi connectivity index (χ4n) is 7.83. The van der Waals surface area contributed by atoms with Gasteiger partial charge in [0.2, 0.25) is 6.29 Å². The minimum absolute atomic E-state index is 0.0398. The van der Waals surface area contributed by atoms with Gasteiger partial charge in [-0.05, 0) is 51.5 Å². The summed E-state index contributed by atoms with van der Waals surface area (Å²) < 4.78 is 27.6. The van der Waals surface area contributed by atoms with E-state index >= 15 is 4.39 Å². The molecule has 0 aromatic heterocycles. The van der Waals surface area contributed by atoms with Crippen molar-refractivity contribution in [1.29, 1.82) is 0 Å². The lowest BCUT2D eigenvalue weighted by molar-refractivity contribution is -0.757. The predicted molar refractivity (Wildman–Crippen MR) is 150 cm³/mol. The number of nitrogens with zero attached hydrogens (tertiary/aromatic N) is 1. The van der Waals surface area contributed by atoms with Crippen LogP contribution in [0.25, 0.3) is 0 Å². The summed E-state index contributed by atoms with van der Waals surface area (Å²) >= 11 is 0. The van der Waals surface area contributed by atoms with Crippen LogP contribution < -0.4 is 10.6 Å². The van der Waals surface area contributed by atoms with Crippen LogP contribution in [0.4, 0.5) is 9.18 Å². The third kappa shape index (κ3) is 5.95. The molecular weight excluding hydrogens is 601 g/mol. The van der Waals surface area contributed by atoms with Crippen LogP contribution in [0.2, 0.25) is 0 Å². The highest BCUT2D eigenvalue weighted by atomic mass is 19.1. The van der Waals surface area contributed by atoms with Crippen molar-refractivity contribution in [2.45, 2.75) is 82.6 Å². The number of hydrogen-bond acceptors (Lipinski definition) is 12. The number of esters is 1. The average molecular weight is 642 g/mol. The summed E-state index contributed by atoms with van der Waals surface area (Å²) in [5.41, 5.74) is -6.74. The Bertz CT molecular complexity index is 1290. The molecule has 4 aliphatic rings. The number of amides is 2. The summed E-state index contributed by atoms with van der Waals surface area (Å²) in [6.07, 6.45) is -0.00462. The average Bonchev–Trinajstić information content (AvgIpc) is 3.17. The number of nitrogens with one attached hydrogen (secondary N) is 2. The molecule has 1 unspecified atom stereocenters. The Balaban J connectivity index is 1.34. The number of ether oxygens (including phenoxy) is 2. The zero-order chi connectivity index (χ0) is 33.4. The topological polar surface area (TPSA) is 224 Å². The molecule has 4 aliphatic carbocycles. The molecule has 4 rings (SSSR count). The monoisotopic (exact) mass is 641 g/mol. The molecule has 0 aliphatic heterocycles. The predicted octanol–water partition coefficient (Wildman–Crippen LogP) is 0.432. The number of allylic oxidation sites excluding steroid dienone is 4. The van der Waals surface area contributed by atoms with Crippen LogP contribution >= 0.6 is 0 Å².